The van der Waals surface area contributed by atoms with Crippen molar-refractivity contribution in [2.45, 2.75) is 45.6 Å². The third-order valence-electron chi connectivity index (χ3n) is 6.21. The van der Waals surface area contributed by atoms with E-state index in [1.807, 2.05) is 0 Å². The summed E-state index contributed by atoms with van der Waals surface area (Å²) in [6.45, 7) is 9.99. The zero-order valence-electron chi connectivity index (χ0n) is 15.8. The van der Waals surface area contributed by atoms with Gasteiger partial charge in [-0.1, -0.05) is 19.1 Å². The fourth-order valence-corrected chi connectivity index (χ4v) is 4.06. The van der Waals surface area contributed by atoms with Gasteiger partial charge in [-0.05, 0) is 81.4 Å². The van der Waals surface area contributed by atoms with Crippen LogP contribution < -0.4 is 4.74 Å². The fourth-order valence-electron chi connectivity index (χ4n) is 4.06. The lowest BCUT2D eigenvalue weighted by molar-refractivity contribution is 0.0382. The van der Waals surface area contributed by atoms with Crippen molar-refractivity contribution in [3.63, 3.8) is 0 Å². The van der Waals surface area contributed by atoms with Crippen LogP contribution in [0.25, 0.3) is 0 Å². The van der Waals surface area contributed by atoms with E-state index >= 15 is 0 Å². The SMILES string of the molecule is CCC1(CO)CCN(Cc2ccc(OCCN3CCCC3)cc2)CC1. The molecule has 3 rings (SSSR count). The number of likely N-dealkylation sites (tertiary alicyclic amines) is 2. The van der Waals surface area contributed by atoms with Gasteiger partial charge >= 0.3 is 0 Å². The lowest BCUT2D eigenvalue weighted by atomic mass is 9.77. The Morgan fingerprint density at radius 2 is 1.68 bits per heavy atom. The third-order valence-corrected chi connectivity index (χ3v) is 6.21. The maximum Gasteiger partial charge on any atom is 0.119 e. The summed E-state index contributed by atoms with van der Waals surface area (Å²) in [5.41, 5.74) is 1.52. The Hall–Kier alpha value is -1.10. The highest BCUT2D eigenvalue weighted by molar-refractivity contribution is 5.27. The van der Waals surface area contributed by atoms with Gasteiger partial charge in [0.15, 0.2) is 0 Å². The van der Waals surface area contributed by atoms with Crippen LogP contribution in [0.2, 0.25) is 0 Å². The summed E-state index contributed by atoms with van der Waals surface area (Å²) >= 11 is 0. The molecule has 1 aromatic rings. The molecule has 25 heavy (non-hydrogen) atoms. The van der Waals surface area contributed by atoms with Crippen molar-refractivity contribution in [3.8, 4) is 5.75 Å². The number of piperidine rings is 1. The van der Waals surface area contributed by atoms with Crippen molar-refractivity contribution in [1.82, 2.24) is 9.80 Å². The van der Waals surface area contributed by atoms with Gasteiger partial charge in [0, 0.05) is 19.7 Å². The number of nitrogens with zero attached hydrogens (tertiary/aromatic N) is 2. The van der Waals surface area contributed by atoms with Crippen LogP contribution in [0.4, 0.5) is 0 Å². The van der Waals surface area contributed by atoms with Crippen molar-refractivity contribution in [2.75, 3.05) is 45.9 Å². The molecule has 0 spiro atoms. The van der Waals surface area contributed by atoms with E-state index in [1.54, 1.807) is 0 Å². The average molecular weight is 347 g/mol. The molecule has 2 aliphatic heterocycles. The summed E-state index contributed by atoms with van der Waals surface area (Å²) < 4.78 is 5.89. The fraction of sp³-hybridized carbons (Fsp3) is 0.714. The Morgan fingerprint density at radius 3 is 2.28 bits per heavy atom. The minimum absolute atomic E-state index is 0.170. The van der Waals surface area contributed by atoms with Crippen LogP contribution in [0.15, 0.2) is 24.3 Å². The lowest BCUT2D eigenvalue weighted by Crippen LogP contribution is -2.41. The van der Waals surface area contributed by atoms with Crippen LogP contribution in [0.3, 0.4) is 0 Å². The highest BCUT2D eigenvalue weighted by Gasteiger charge is 2.32. The number of ether oxygens (including phenoxy) is 1. The van der Waals surface area contributed by atoms with Gasteiger partial charge in [-0.2, -0.15) is 0 Å². The maximum atomic E-state index is 9.65. The molecule has 2 fully saturated rings. The normalized spacial score (nSPS) is 21.5. The second-order valence-corrected chi connectivity index (χ2v) is 7.83. The molecule has 0 amide bonds. The third kappa shape index (κ3) is 5.19. The molecule has 0 unspecified atom stereocenters. The van der Waals surface area contributed by atoms with E-state index in [-0.39, 0.29) is 5.41 Å². The minimum Gasteiger partial charge on any atom is -0.492 e. The largest absolute Gasteiger partial charge is 0.492 e. The number of aliphatic hydroxyl groups excluding tert-OH is 1. The summed E-state index contributed by atoms with van der Waals surface area (Å²) in [6, 6.07) is 8.60. The molecule has 0 atom stereocenters. The molecule has 0 saturated carbocycles. The Labute approximate surface area is 152 Å². The Bertz CT molecular complexity index is 497. The molecule has 140 valence electrons. The first kappa shape index (κ1) is 18.7. The van der Waals surface area contributed by atoms with Crippen molar-refractivity contribution in [3.05, 3.63) is 29.8 Å². The number of hydrogen-bond acceptors (Lipinski definition) is 4. The van der Waals surface area contributed by atoms with E-state index in [4.69, 9.17) is 4.74 Å². The molecule has 4 nitrogen and oxygen atoms in total. The molecular formula is C21H34N2O2. The summed E-state index contributed by atoms with van der Waals surface area (Å²) in [5.74, 6) is 0.979. The van der Waals surface area contributed by atoms with Gasteiger partial charge in [0.1, 0.15) is 12.4 Å². The molecule has 1 aromatic carbocycles. The van der Waals surface area contributed by atoms with Gasteiger partial charge < -0.3 is 9.84 Å². The first-order valence-corrected chi connectivity index (χ1v) is 10.0. The number of hydrogen-bond donors (Lipinski definition) is 1. The van der Waals surface area contributed by atoms with Gasteiger partial charge in [0.2, 0.25) is 0 Å². The van der Waals surface area contributed by atoms with Gasteiger partial charge in [-0.25, -0.2) is 0 Å². The topological polar surface area (TPSA) is 35.9 Å². The number of benzene rings is 1. The first-order valence-electron chi connectivity index (χ1n) is 10.0. The molecule has 4 heteroatoms. The van der Waals surface area contributed by atoms with Crippen molar-refractivity contribution >= 4 is 0 Å². The van der Waals surface area contributed by atoms with E-state index in [0.29, 0.717) is 6.61 Å². The quantitative estimate of drug-likeness (QED) is 0.784. The monoisotopic (exact) mass is 346 g/mol. The Morgan fingerprint density at radius 1 is 1.00 bits per heavy atom. The molecule has 2 aliphatic rings. The van der Waals surface area contributed by atoms with Crippen LogP contribution >= 0.6 is 0 Å². The van der Waals surface area contributed by atoms with Gasteiger partial charge in [0.05, 0.1) is 0 Å². The summed E-state index contributed by atoms with van der Waals surface area (Å²) in [5, 5.41) is 9.65. The van der Waals surface area contributed by atoms with Crippen LogP contribution in [-0.4, -0.2) is 60.8 Å². The van der Waals surface area contributed by atoms with Crippen LogP contribution in [0.5, 0.6) is 5.75 Å². The van der Waals surface area contributed by atoms with Gasteiger partial charge in [-0.3, -0.25) is 9.80 Å². The van der Waals surface area contributed by atoms with E-state index in [0.717, 1.165) is 57.8 Å². The predicted molar refractivity (Wildman–Crippen MR) is 102 cm³/mol. The molecule has 1 N–H and O–H groups in total. The zero-order chi connectivity index (χ0) is 17.5. The molecule has 0 bridgehead atoms. The van der Waals surface area contributed by atoms with Crippen LogP contribution in [-0.2, 0) is 6.54 Å². The van der Waals surface area contributed by atoms with Gasteiger partial charge in [-0.15, -0.1) is 0 Å². The average Bonchev–Trinajstić information content (AvgIpc) is 3.18. The van der Waals surface area contributed by atoms with Gasteiger partial charge in [0.25, 0.3) is 0 Å². The maximum absolute atomic E-state index is 9.65. The molecule has 0 aromatic heterocycles. The summed E-state index contributed by atoms with van der Waals surface area (Å²) in [4.78, 5) is 4.99. The summed E-state index contributed by atoms with van der Waals surface area (Å²) in [7, 11) is 0. The zero-order valence-corrected chi connectivity index (χ0v) is 15.8. The van der Waals surface area contributed by atoms with Crippen molar-refractivity contribution < 1.29 is 9.84 Å². The smallest absolute Gasteiger partial charge is 0.119 e. The second-order valence-electron chi connectivity index (χ2n) is 7.83. The second kappa shape index (κ2) is 9.02. The van der Waals surface area contributed by atoms with Crippen LogP contribution in [0, 0.1) is 5.41 Å². The highest BCUT2D eigenvalue weighted by atomic mass is 16.5. The summed E-state index contributed by atoms with van der Waals surface area (Å²) in [6.07, 6.45) is 5.97. The van der Waals surface area contributed by atoms with Crippen LogP contribution in [0.1, 0.15) is 44.6 Å². The highest BCUT2D eigenvalue weighted by Crippen LogP contribution is 2.34. The molecule has 2 saturated heterocycles. The Balaban J connectivity index is 1.40. The van der Waals surface area contributed by atoms with E-state index in [1.165, 1.54) is 31.5 Å². The Kier molecular flexibility index (Phi) is 6.74. The first-order chi connectivity index (χ1) is 12.2. The predicted octanol–water partition coefficient (Wildman–Crippen LogP) is 3.15. The van der Waals surface area contributed by atoms with Crippen molar-refractivity contribution in [2.24, 2.45) is 5.41 Å². The number of aliphatic hydroxyl groups is 1. The van der Waals surface area contributed by atoms with E-state index in [2.05, 4.69) is 41.0 Å². The minimum atomic E-state index is 0.170. The molecular weight excluding hydrogens is 312 g/mol. The molecule has 2 heterocycles. The molecule has 0 radical (unpaired) electrons. The number of rotatable bonds is 8. The molecule has 0 aliphatic carbocycles. The van der Waals surface area contributed by atoms with E-state index < -0.39 is 0 Å². The van der Waals surface area contributed by atoms with E-state index in [9.17, 15) is 5.11 Å². The van der Waals surface area contributed by atoms with Crippen molar-refractivity contribution in [1.29, 1.82) is 0 Å². The standard InChI is InChI=1S/C21H34N2O2/c1-2-21(18-24)9-13-23(14-10-21)17-19-5-7-20(8-6-19)25-16-15-22-11-3-4-12-22/h5-8,24H,2-4,9-18H2,1H3. The lowest BCUT2D eigenvalue weighted by Gasteiger charge is -2.40.